The van der Waals surface area contributed by atoms with Crippen molar-refractivity contribution in [3.05, 3.63) is 0 Å². The van der Waals surface area contributed by atoms with Gasteiger partial charge in [-0.1, -0.05) is 174 Å². The van der Waals surface area contributed by atoms with E-state index in [0.29, 0.717) is 0 Å². The topological polar surface area (TPSA) is 21.6 Å². The molecule has 202 valence electrons. The second kappa shape index (κ2) is 27.1. The Morgan fingerprint density at radius 3 is 1.00 bits per heavy atom. The zero-order chi connectivity index (χ0) is 24.2. The van der Waals surface area contributed by atoms with Crippen LogP contribution < -0.4 is 0 Å². The van der Waals surface area contributed by atoms with Gasteiger partial charge in [-0.3, -0.25) is 4.99 Å². The first kappa shape index (κ1) is 31.5. The summed E-state index contributed by atoms with van der Waals surface area (Å²) in [5.41, 5.74) is 0. The lowest BCUT2D eigenvalue weighted by atomic mass is 10.0. The molecule has 0 radical (unpaired) electrons. The maximum Gasteiger partial charge on any atom is 0.183 e. The molecule has 2 nitrogen and oxygen atoms in total. The number of unbranched alkanes of at least 4 members (excludes halogenated alkanes) is 26. The summed E-state index contributed by atoms with van der Waals surface area (Å²) < 4.78 is 5.46. The maximum absolute atomic E-state index is 5.46. The van der Waals surface area contributed by atoms with Crippen LogP contribution in [0, 0.1) is 0 Å². The maximum atomic E-state index is 5.46. The highest BCUT2D eigenvalue weighted by Crippen LogP contribution is 2.16. The van der Waals surface area contributed by atoms with Gasteiger partial charge in [-0.2, -0.15) is 0 Å². The third-order valence-corrected chi connectivity index (χ3v) is 7.64. The molecule has 1 aliphatic heterocycles. The van der Waals surface area contributed by atoms with Crippen molar-refractivity contribution in [2.75, 3.05) is 13.2 Å². The van der Waals surface area contributed by atoms with Crippen LogP contribution in [0.2, 0.25) is 0 Å². The largest absolute Gasteiger partial charge is 0.479 e. The van der Waals surface area contributed by atoms with Crippen LogP contribution in [0.4, 0.5) is 0 Å². The van der Waals surface area contributed by atoms with E-state index in [1.54, 1.807) is 0 Å². The van der Waals surface area contributed by atoms with Crippen LogP contribution in [0.5, 0.6) is 0 Å². The summed E-state index contributed by atoms with van der Waals surface area (Å²) in [6.45, 7) is 4.00. The van der Waals surface area contributed by atoms with Gasteiger partial charge in [0.25, 0.3) is 0 Å². The fourth-order valence-corrected chi connectivity index (χ4v) is 5.30. The van der Waals surface area contributed by atoms with Crippen LogP contribution in [0.25, 0.3) is 0 Å². The molecular weight excluding hydrogens is 414 g/mol. The summed E-state index contributed by atoms with van der Waals surface area (Å²) in [6, 6.07) is 0. The molecule has 0 fully saturated rings. The highest BCUT2D eigenvalue weighted by atomic mass is 16.5. The Morgan fingerprint density at radius 2 is 0.735 bits per heavy atom. The summed E-state index contributed by atoms with van der Waals surface area (Å²) in [6.07, 6.45) is 40.3. The lowest BCUT2D eigenvalue weighted by Crippen LogP contribution is -1.98. The van der Waals surface area contributed by atoms with E-state index in [-0.39, 0.29) is 0 Å². The molecule has 1 heterocycles. The van der Waals surface area contributed by atoms with Gasteiger partial charge in [0.15, 0.2) is 5.90 Å². The van der Waals surface area contributed by atoms with Crippen LogP contribution in [0.1, 0.15) is 187 Å². The number of hydrogen-bond donors (Lipinski definition) is 0. The number of nitrogens with zero attached hydrogens (tertiary/aromatic N) is 1. The Labute approximate surface area is 215 Å². The molecule has 0 atom stereocenters. The van der Waals surface area contributed by atoms with Crippen molar-refractivity contribution in [1.29, 1.82) is 0 Å². The normalized spacial score (nSPS) is 13.4. The van der Waals surface area contributed by atoms with Crippen LogP contribution in [-0.4, -0.2) is 19.0 Å². The SMILES string of the molecule is CCCCCCCCCCCCCCCCCCCCCCCCCCCCCC1=NCCO1. The van der Waals surface area contributed by atoms with E-state index >= 15 is 0 Å². The Bertz CT molecular complexity index is 419. The molecule has 0 aromatic carbocycles. The van der Waals surface area contributed by atoms with Crippen molar-refractivity contribution in [2.24, 2.45) is 4.99 Å². The monoisotopic (exact) mass is 477 g/mol. The summed E-state index contributed by atoms with van der Waals surface area (Å²) in [5.74, 6) is 1.01. The average Bonchev–Trinajstić information content (AvgIpc) is 3.37. The minimum Gasteiger partial charge on any atom is -0.479 e. The summed E-state index contributed by atoms with van der Waals surface area (Å²) in [4.78, 5) is 4.36. The van der Waals surface area contributed by atoms with E-state index in [4.69, 9.17) is 4.74 Å². The van der Waals surface area contributed by atoms with Crippen LogP contribution in [0.3, 0.4) is 0 Å². The minimum absolute atomic E-state index is 0.814. The molecule has 1 aliphatic rings. The van der Waals surface area contributed by atoms with Crippen molar-refractivity contribution in [3.63, 3.8) is 0 Å². The van der Waals surface area contributed by atoms with Crippen molar-refractivity contribution >= 4 is 5.90 Å². The number of aliphatic imine (C=N–C) groups is 1. The molecule has 0 saturated heterocycles. The summed E-state index contributed by atoms with van der Waals surface area (Å²) in [5, 5.41) is 0. The first-order chi connectivity index (χ1) is 16.9. The zero-order valence-corrected chi connectivity index (χ0v) is 23.6. The smallest absolute Gasteiger partial charge is 0.183 e. The minimum atomic E-state index is 0.814. The molecule has 34 heavy (non-hydrogen) atoms. The molecule has 0 unspecified atom stereocenters. The summed E-state index contributed by atoms with van der Waals surface area (Å²) in [7, 11) is 0. The number of hydrogen-bond acceptors (Lipinski definition) is 2. The number of ether oxygens (including phenoxy) is 1. The molecule has 2 heteroatoms. The standard InChI is InChI=1S/C32H63NO/c1-2-3-4-5-6-7-8-9-10-11-12-13-14-15-16-17-18-19-20-21-22-23-24-25-26-27-28-29-32-33-30-31-34-32/h2-31H2,1H3. The highest BCUT2D eigenvalue weighted by Gasteiger charge is 2.05. The van der Waals surface area contributed by atoms with Gasteiger partial charge >= 0.3 is 0 Å². The van der Waals surface area contributed by atoms with Crippen LogP contribution in [0.15, 0.2) is 4.99 Å². The van der Waals surface area contributed by atoms with Gasteiger partial charge in [0, 0.05) is 6.42 Å². The molecule has 0 bridgehead atoms. The van der Waals surface area contributed by atoms with E-state index in [0.717, 1.165) is 25.5 Å². The van der Waals surface area contributed by atoms with Gasteiger partial charge in [-0.05, 0) is 6.42 Å². The van der Waals surface area contributed by atoms with Crippen molar-refractivity contribution < 1.29 is 4.74 Å². The average molecular weight is 478 g/mol. The molecule has 0 spiro atoms. The molecule has 0 amide bonds. The Balaban J connectivity index is 1.61. The van der Waals surface area contributed by atoms with Gasteiger partial charge in [-0.25, -0.2) is 0 Å². The molecule has 0 N–H and O–H groups in total. The van der Waals surface area contributed by atoms with Gasteiger partial charge in [-0.15, -0.1) is 0 Å². The predicted octanol–water partition coefficient (Wildman–Crippen LogP) is 11.4. The first-order valence-electron chi connectivity index (χ1n) is 16.1. The zero-order valence-electron chi connectivity index (χ0n) is 23.6. The van der Waals surface area contributed by atoms with Gasteiger partial charge < -0.3 is 4.74 Å². The van der Waals surface area contributed by atoms with E-state index in [2.05, 4.69) is 11.9 Å². The van der Waals surface area contributed by atoms with Crippen molar-refractivity contribution in [1.82, 2.24) is 0 Å². The second-order valence-corrected chi connectivity index (χ2v) is 11.1. The van der Waals surface area contributed by atoms with Gasteiger partial charge in [0.2, 0.25) is 0 Å². The third-order valence-electron chi connectivity index (χ3n) is 7.64. The fourth-order valence-electron chi connectivity index (χ4n) is 5.30. The number of rotatable bonds is 28. The molecule has 0 aromatic rings. The first-order valence-corrected chi connectivity index (χ1v) is 16.1. The molecule has 0 saturated carbocycles. The van der Waals surface area contributed by atoms with E-state index in [1.165, 1.54) is 173 Å². The van der Waals surface area contributed by atoms with Gasteiger partial charge in [0.1, 0.15) is 6.61 Å². The van der Waals surface area contributed by atoms with Crippen LogP contribution >= 0.6 is 0 Å². The van der Waals surface area contributed by atoms with Crippen molar-refractivity contribution in [3.8, 4) is 0 Å². The third kappa shape index (κ3) is 23.2. The Kier molecular flexibility index (Phi) is 25.1. The second-order valence-electron chi connectivity index (χ2n) is 11.1. The van der Waals surface area contributed by atoms with E-state index < -0.39 is 0 Å². The van der Waals surface area contributed by atoms with Crippen LogP contribution in [-0.2, 0) is 4.74 Å². The molecular formula is C32H63NO. The lowest BCUT2D eigenvalue weighted by Gasteiger charge is -2.04. The van der Waals surface area contributed by atoms with Gasteiger partial charge in [0.05, 0.1) is 6.54 Å². The quantitative estimate of drug-likeness (QED) is 0.103. The van der Waals surface area contributed by atoms with Crippen molar-refractivity contribution in [2.45, 2.75) is 187 Å². The summed E-state index contributed by atoms with van der Waals surface area (Å²) >= 11 is 0. The fraction of sp³-hybridized carbons (Fsp3) is 0.969. The highest BCUT2D eigenvalue weighted by molar-refractivity contribution is 5.77. The molecule has 1 rings (SSSR count). The Hall–Kier alpha value is -0.530. The molecule has 0 aliphatic carbocycles. The molecule has 0 aromatic heterocycles. The van der Waals surface area contributed by atoms with E-state index in [1.807, 2.05) is 0 Å². The predicted molar refractivity (Wildman–Crippen MR) is 153 cm³/mol. The van der Waals surface area contributed by atoms with E-state index in [9.17, 15) is 0 Å². The Morgan fingerprint density at radius 1 is 0.441 bits per heavy atom. The lowest BCUT2D eigenvalue weighted by molar-refractivity contribution is 0.336.